The van der Waals surface area contributed by atoms with Crippen molar-refractivity contribution < 1.29 is 23.0 Å². The third kappa shape index (κ3) is 7.24. The molecule has 1 aliphatic heterocycles. The summed E-state index contributed by atoms with van der Waals surface area (Å²) in [6.45, 7) is 4.90. The lowest BCUT2D eigenvalue weighted by atomic mass is 10.0. The second kappa shape index (κ2) is 12.8. The molecule has 43 heavy (non-hydrogen) atoms. The van der Waals surface area contributed by atoms with E-state index < -0.39 is 17.8 Å². The second-order valence-corrected chi connectivity index (χ2v) is 11.7. The van der Waals surface area contributed by atoms with Gasteiger partial charge in [0, 0.05) is 69.1 Å². The number of aromatic amines is 1. The van der Waals surface area contributed by atoms with Crippen LogP contribution in [0.3, 0.4) is 0 Å². The number of aliphatic hydroxyl groups is 1. The maximum atomic E-state index is 12.9. The molecule has 2 aromatic heterocycles. The van der Waals surface area contributed by atoms with Gasteiger partial charge in [0.1, 0.15) is 23.5 Å². The van der Waals surface area contributed by atoms with E-state index in [1.807, 2.05) is 48.5 Å². The molecule has 0 amide bonds. The Morgan fingerprint density at radius 1 is 0.930 bits per heavy atom. The fraction of sp³-hybridized carbons (Fsp3) is 0.312. The van der Waals surface area contributed by atoms with Crippen molar-refractivity contribution in [2.75, 3.05) is 45.9 Å². The molecule has 11 heteroatoms. The van der Waals surface area contributed by atoms with Crippen LogP contribution in [0.2, 0.25) is 0 Å². The molecule has 6 rings (SSSR count). The van der Waals surface area contributed by atoms with Crippen molar-refractivity contribution in [1.29, 1.82) is 0 Å². The van der Waals surface area contributed by atoms with Gasteiger partial charge in [-0.25, -0.2) is 4.98 Å². The van der Waals surface area contributed by atoms with E-state index in [1.165, 1.54) is 12.1 Å². The molecule has 3 heterocycles. The number of nitrogens with zero attached hydrogens (tertiary/aromatic N) is 4. The van der Waals surface area contributed by atoms with Crippen LogP contribution in [0, 0.1) is 0 Å². The van der Waals surface area contributed by atoms with Crippen LogP contribution in [0.4, 0.5) is 13.2 Å². The van der Waals surface area contributed by atoms with Gasteiger partial charge in [-0.3, -0.25) is 10.00 Å². The van der Waals surface area contributed by atoms with Gasteiger partial charge in [0.05, 0.1) is 21.5 Å². The van der Waals surface area contributed by atoms with Crippen LogP contribution in [0.15, 0.2) is 79.0 Å². The van der Waals surface area contributed by atoms with Gasteiger partial charge in [-0.05, 0) is 29.8 Å². The molecule has 1 aliphatic rings. The van der Waals surface area contributed by atoms with Crippen molar-refractivity contribution in [3.63, 3.8) is 0 Å². The highest BCUT2D eigenvalue weighted by Crippen LogP contribution is 2.33. The number of hydrogen-bond donors (Lipinski definition) is 2. The van der Waals surface area contributed by atoms with E-state index in [9.17, 15) is 18.3 Å². The third-order valence-electron chi connectivity index (χ3n) is 7.66. The fourth-order valence-electron chi connectivity index (χ4n) is 5.30. The zero-order chi connectivity index (χ0) is 29.8. The molecule has 0 saturated carbocycles. The Morgan fingerprint density at radius 2 is 1.67 bits per heavy atom. The van der Waals surface area contributed by atoms with E-state index >= 15 is 0 Å². The average molecular weight is 608 g/mol. The summed E-state index contributed by atoms with van der Waals surface area (Å²) >= 11 is 1.64. The number of halogens is 3. The van der Waals surface area contributed by atoms with Crippen LogP contribution < -0.4 is 4.74 Å². The Balaban J connectivity index is 0.943. The summed E-state index contributed by atoms with van der Waals surface area (Å²) < 4.78 is 45.8. The molecule has 0 spiro atoms. The number of β-amino-alcohol motifs (C(OH)–C–C–N with tert-alkyl or cyclic N) is 1. The molecular weight excluding hydrogens is 575 g/mol. The number of thiazole rings is 1. The van der Waals surface area contributed by atoms with E-state index in [0.29, 0.717) is 24.3 Å². The maximum absolute atomic E-state index is 12.9. The molecule has 2 N–H and O–H groups in total. The summed E-state index contributed by atoms with van der Waals surface area (Å²) in [4.78, 5) is 9.34. The summed E-state index contributed by atoms with van der Waals surface area (Å²) in [5.74, 6) is 0.690. The lowest BCUT2D eigenvalue weighted by molar-refractivity contribution is -0.137. The van der Waals surface area contributed by atoms with Gasteiger partial charge in [-0.2, -0.15) is 18.3 Å². The van der Waals surface area contributed by atoms with Crippen molar-refractivity contribution in [2.24, 2.45) is 0 Å². The molecule has 0 radical (unpaired) electrons. The Kier molecular flexibility index (Phi) is 8.75. The minimum atomic E-state index is -4.35. The van der Waals surface area contributed by atoms with Gasteiger partial charge in [0.2, 0.25) is 0 Å². The summed E-state index contributed by atoms with van der Waals surface area (Å²) in [7, 11) is 0. The highest BCUT2D eigenvalue weighted by molar-refractivity contribution is 7.21. The van der Waals surface area contributed by atoms with Crippen molar-refractivity contribution in [1.82, 2.24) is 25.0 Å². The largest absolute Gasteiger partial charge is 0.491 e. The van der Waals surface area contributed by atoms with Gasteiger partial charge in [0.15, 0.2) is 0 Å². The first-order chi connectivity index (χ1) is 20.8. The highest BCUT2D eigenvalue weighted by atomic mass is 32.1. The first kappa shape index (κ1) is 29.3. The van der Waals surface area contributed by atoms with Crippen LogP contribution >= 0.6 is 11.3 Å². The number of hydrogen-bond acceptors (Lipinski definition) is 7. The van der Waals surface area contributed by atoms with E-state index in [1.54, 1.807) is 17.5 Å². The first-order valence-corrected chi connectivity index (χ1v) is 15.1. The molecule has 0 aliphatic carbocycles. The number of aliphatic hydroxyl groups excluding tert-OH is 1. The SMILES string of the molecule is O[C@@H](COc1ccc2sc(-c3ccccc3)nc2c1)CN1CCN(CCc2n[nH]cc2-c2ccc(C(F)(F)F)cc2)CC1. The van der Waals surface area contributed by atoms with Crippen LogP contribution in [-0.4, -0.2) is 82.1 Å². The van der Waals surface area contributed by atoms with Crippen LogP contribution in [0.1, 0.15) is 11.3 Å². The zero-order valence-corrected chi connectivity index (χ0v) is 24.2. The number of rotatable bonds is 10. The summed E-state index contributed by atoms with van der Waals surface area (Å²) in [5, 5.41) is 18.8. The second-order valence-electron chi connectivity index (χ2n) is 10.7. The summed E-state index contributed by atoms with van der Waals surface area (Å²) in [6, 6.07) is 21.1. The molecule has 3 aromatic carbocycles. The predicted molar refractivity (Wildman–Crippen MR) is 162 cm³/mol. The number of H-pyrrole nitrogens is 1. The van der Waals surface area contributed by atoms with E-state index in [0.717, 1.165) is 76.9 Å². The normalized spacial score (nSPS) is 15.6. The molecular formula is C32H32F3N5O2S. The highest BCUT2D eigenvalue weighted by Gasteiger charge is 2.30. The van der Waals surface area contributed by atoms with Gasteiger partial charge in [-0.1, -0.05) is 42.5 Å². The van der Waals surface area contributed by atoms with Crippen LogP contribution in [0.5, 0.6) is 5.75 Å². The number of nitrogens with one attached hydrogen (secondary N) is 1. The monoisotopic (exact) mass is 607 g/mol. The minimum absolute atomic E-state index is 0.202. The Labute approximate surface area is 251 Å². The molecule has 1 atom stereocenters. The lowest BCUT2D eigenvalue weighted by Gasteiger charge is -2.35. The molecule has 1 fully saturated rings. The van der Waals surface area contributed by atoms with Crippen LogP contribution in [0.25, 0.3) is 31.9 Å². The van der Waals surface area contributed by atoms with Gasteiger partial charge < -0.3 is 14.7 Å². The van der Waals surface area contributed by atoms with Crippen molar-refractivity contribution >= 4 is 21.6 Å². The molecule has 0 bridgehead atoms. The van der Waals surface area contributed by atoms with Gasteiger partial charge in [0.25, 0.3) is 0 Å². The smallest absolute Gasteiger partial charge is 0.416 e. The van der Waals surface area contributed by atoms with Crippen molar-refractivity contribution in [3.8, 4) is 27.4 Å². The van der Waals surface area contributed by atoms with Crippen LogP contribution in [-0.2, 0) is 12.6 Å². The lowest BCUT2D eigenvalue weighted by Crippen LogP contribution is -2.49. The van der Waals surface area contributed by atoms with E-state index in [-0.39, 0.29) is 6.61 Å². The van der Waals surface area contributed by atoms with E-state index in [4.69, 9.17) is 9.72 Å². The van der Waals surface area contributed by atoms with Gasteiger partial charge in [-0.15, -0.1) is 11.3 Å². The first-order valence-electron chi connectivity index (χ1n) is 14.2. The van der Waals surface area contributed by atoms with Crippen molar-refractivity contribution in [3.05, 3.63) is 90.3 Å². The maximum Gasteiger partial charge on any atom is 0.416 e. The topological polar surface area (TPSA) is 77.5 Å². The Bertz CT molecular complexity index is 1630. The molecule has 224 valence electrons. The number of piperazine rings is 1. The average Bonchev–Trinajstić information content (AvgIpc) is 3.67. The quantitative estimate of drug-likeness (QED) is 0.204. The number of ether oxygens (including phenoxy) is 1. The molecule has 5 aromatic rings. The molecule has 0 unspecified atom stereocenters. The number of fused-ring (bicyclic) bond motifs is 1. The third-order valence-corrected chi connectivity index (χ3v) is 8.75. The minimum Gasteiger partial charge on any atom is -0.491 e. The number of alkyl halides is 3. The fourth-order valence-corrected chi connectivity index (χ4v) is 6.25. The van der Waals surface area contributed by atoms with Gasteiger partial charge >= 0.3 is 6.18 Å². The standard InChI is InChI=1S/C32H32F3N5O2S/c33-32(34,35)24-8-6-22(7-9-24)27-19-36-38-28(27)12-13-39-14-16-40(17-15-39)20-25(41)21-42-26-10-11-30-29(18-26)37-31(43-30)23-4-2-1-3-5-23/h1-11,18-19,25,41H,12-17,20-21H2,(H,36,38)/t25-/m1/s1. The zero-order valence-electron chi connectivity index (χ0n) is 23.4. The number of benzene rings is 3. The Morgan fingerprint density at radius 3 is 2.42 bits per heavy atom. The summed E-state index contributed by atoms with van der Waals surface area (Å²) in [6.07, 6.45) is -2.55. The van der Waals surface area contributed by atoms with E-state index in [2.05, 4.69) is 20.0 Å². The Hall–Kier alpha value is -3.77. The number of aromatic nitrogens is 3. The summed E-state index contributed by atoms with van der Waals surface area (Å²) in [5.41, 5.74) is 3.67. The predicted octanol–water partition coefficient (Wildman–Crippen LogP) is 5.97. The molecule has 1 saturated heterocycles. The molecule has 7 nitrogen and oxygen atoms in total. The van der Waals surface area contributed by atoms with Crippen molar-refractivity contribution in [2.45, 2.75) is 18.7 Å².